The standard InChI is InChI=1S/C23H25N3O4S2/c1-15-4-10-20(11-5-15)32(29,30)13-12-22(28)26-23-25-21(14-31-23)19-8-6-18(7-9-19)16(2)24-17(3)27/h4-11,14,16H,12-13H2,1-3H3,(H,24,27)(H,25,26,28). The van der Waals surface area contributed by atoms with Crippen LogP contribution in [0.5, 0.6) is 0 Å². The third kappa shape index (κ3) is 6.24. The summed E-state index contributed by atoms with van der Waals surface area (Å²) in [5.41, 5.74) is 3.53. The maximum absolute atomic E-state index is 12.4. The first-order chi connectivity index (χ1) is 15.1. The Labute approximate surface area is 191 Å². The number of amides is 2. The SMILES string of the molecule is CC(=O)NC(C)c1ccc(-c2csc(NC(=O)CCS(=O)(=O)c3ccc(C)cc3)n2)cc1. The zero-order valence-corrected chi connectivity index (χ0v) is 19.7. The number of nitrogens with zero attached hydrogens (tertiary/aromatic N) is 1. The fraction of sp³-hybridized carbons (Fsp3) is 0.261. The molecule has 0 radical (unpaired) electrons. The number of nitrogens with one attached hydrogen (secondary N) is 2. The van der Waals surface area contributed by atoms with Crippen molar-refractivity contribution in [2.24, 2.45) is 0 Å². The molecule has 0 aliphatic carbocycles. The van der Waals surface area contributed by atoms with E-state index in [1.54, 1.807) is 24.3 Å². The number of hydrogen-bond acceptors (Lipinski definition) is 6. The second-order valence-corrected chi connectivity index (χ2v) is 10.5. The average Bonchev–Trinajstić information content (AvgIpc) is 3.21. The van der Waals surface area contributed by atoms with E-state index in [0.29, 0.717) is 10.8 Å². The molecule has 1 heterocycles. The minimum absolute atomic E-state index is 0.0897. The molecule has 0 saturated carbocycles. The number of thiazole rings is 1. The van der Waals surface area contributed by atoms with E-state index in [0.717, 1.165) is 16.7 Å². The third-order valence-electron chi connectivity index (χ3n) is 4.85. The number of sulfone groups is 1. The Morgan fingerprint density at radius 1 is 1.06 bits per heavy atom. The normalized spacial score (nSPS) is 12.2. The van der Waals surface area contributed by atoms with Crippen molar-refractivity contribution >= 4 is 38.1 Å². The highest BCUT2D eigenvalue weighted by molar-refractivity contribution is 7.91. The van der Waals surface area contributed by atoms with Crippen molar-refractivity contribution in [2.45, 2.75) is 38.1 Å². The Balaban J connectivity index is 1.58. The van der Waals surface area contributed by atoms with Crippen molar-refractivity contribution in [1.82, 2.24) is 10.3 Å². The summed E-state index contributed by atoms with van der Waals surface area (Å²) in [7, 11) is -3.53. The number of hydrogen-bond donors (Lipinski definition) is 2. The first-order valence-corrected chi connectivity index (χ1v) is 12.6. The van der Waals surface area contributed by atoms with Gasteiger partial charge in [0.2, 0.25) is 11.8 Å². The van der Waals surface area contributed by atoms with Gasteiger partial charge in [-0.25, -0.2) is 13.4 Å². The zero-order valence-electron chi connectivity index (χ0n) is 18.1. The molecule has 0 saturated heterocycles. The molecule has 9 heteroatoms. The predicted molar refractivity (Wildman–Crippen MR) is 126 cm³/mol. The van der Waals surface area contributed by atoms with Gasteiger partial charge in [0.05, 0.1) is 22.4 Å². The van der Waals surface area contributed by atoms with E-state index in [-0.39, 0.29) is 29.0 Å². The first-order valence-electron chi connectivity index (χ1n) is 10.1. The van der Waals surface area contributed by atoms with Gasteiger partial charge in [-0.05, 0) is 31.5 Å². The maximum atomic E-state index is 12.4. The van der Waals surface area contributed by atoms with Crippen molar-refractivity contribution < 1.29 is 18.0 Å². The fourth-order valence-electron chi connectivity index (χ4n) is 3.07. The average molecular weight is 472 g/mol. The highest BCUT2D eigenvalue weighted by Crippen LogP contribution is 2.26. The Morgan fingerprint density at radius 3 is 2.34 bits per heavy atom. The number of aryl methyl sites for hydroxylation is 1. The van der Waals surface area contributed by atoms with Crippen LogP contribution in [0, 0.1) is 6.92 Å². The minimum atomic E-state index is -3.53. The quantitative estimate of drug-likeness (QED) is 0.514. The first kappa shape index (κ1) is 23.6. The number of benzene rings is 2. The van der Waals surface area contributed by atoms with Crippen LogP contribution in [0.1, 0.15) is 37.4 Å². The number of anilines is 1. The van der Waals surface area contributed by atoms with Crippen molar-refractivity contribution in [2.75, 3.05) is 11.1 Å². The minimum Gasteiger partial charge on any atom is -0.350 e. The van der Waals surface area contributed by atoms with Crippen LogP contribution in [-0.2, 0) is 19.4 Å². The molecule has 0 spiro atoms. The topological polar surface area (TPSA) is 105 Å². The molecule has 1 unspecified atom stereocenters. The molecular weight excluding hydrogens is 446 g/mol. The van der Waals surface area contributed by atoms with Crippen LogP contribution < -0.4 is 10.6 Å². The molecule has 168 valence electrons. The predicted octanol–water partition coefficient (Wildman–Crippen LogP) is 4.12. The van der Waals surface area contributed by atoms with Gasteiger partial charge in [0.25, 0.3) is 0 Å². The lowest BCUT2D eigenvalue weighted by Gasteiger charge is -2.13. The lowest BCUT2D eigenvalue weighted by atomic mass is 10.1. The highest BCUT2D eigenvalue weighted by Gasteiger charge is 2.17. The summed E-state index contributed by atoms with van der Waals surface area (Å²) in [4.78, 5) is 28.1. The molecule has 0 aliphatic heterocycles. The second-order valence-electron chi connectivity index (χ2n) is 7.51. The molecular formula is C23H25N3O4S2. The number of rotatable bonds is 8. The lowest BCUT2D eigenvalue weighted by molar-refractivity contribution is -0.119. The van der Waals surface area contributed by atoms with Crippen LogP contribution in [0.2, 0.25) is 0 Å². The monoisotopic (exact) mass is 471 g/mol. The van der Waals surface area contributed by atoms with Crippen LogP contribution in [-0.4, -0.2) is 31.0 Å². The number of carbonyl (C=O) groups excluding carboxylic acids is 2. The number of aromatic nitrogens is 1. The summed E-state index contributed by atoms with van der Waals surface area (Å²) < 4.78 is 24.8. The molecule has 2 aromatic carbocycles. The van der Waals surface area contributed by atoms with Crippen LogP contribution in [0.25, 0.3) is 11.3 Å². The van der Waals surface area contributed by atoms with E-state index < -0.39 is 15.7 Å². The van der Waals surface area contributed by atoms with E-state index in [9.17, 15) is 18.0 Å². The van der Waals surface area contributed by atoms with Crippen LogP contribution in [0.3, 0.4) is 0 Å². The molecule has 2 N–H and O–H groups in total. The van der Waals surface area contributed by atoms with E-state index in [1.807, 2.05) is 43.5 Å². The summed E-state index contributed by atoms with van der Waals surface area (Å²) in [6.07, 6.45) is -0.152. The lowest BCUT2D eigenvalue weighted by Crippen LogP contribution is -2.23. The molecule has 0 fully saturated rings. The van der Waals surface area contributed by atoms with Gasteiger partial charge >= 0.3 is 0 Å². The van der Waals surface area contributed by atoms with Crippen molar-refractivity contribution in [1.29, 1.82) is 0 Å². The Morgan fingerprint density at radius 2 is 1.72 bits per heavy atom. The highest BCUT2D eigenvalue weighted by atomic mass is 32.2. The third-order valence-corrected chi connectivity index (χ3v) is 7.34. The van der Waals surface area contributed by atoms with Gasteiger partial charge in [0, 0.05) is 24.3 Å². The van der Waals surface area contributed by atoms with E-state index in [1.165, 1.54) is 18.3 Å². The summed E-state index contributed by atoms with van der Waals surface area (Å²) in [5, 5.41) is 7.74. The largest absolute Gasteiger partial charge is 0.350 e. The van der Waals surface area contributed by atoms with Gasteiger partial charge in [-0.1, -0.05) is 42.0 Å². The Hall–Kier alpha value is -3.04. The van der Waals surface area contributed by atoms with Crippen molar-refractivity contribution in [3.8, 4) is 11.3 Å². The molecule has 3 rings (SSSR count). The van der Waals surface area contributed by atoms with Crippen LogP contribution >= 0.6 is 11.3 Å². The van der Waals surface area contributed by atoms with Crippen molar-refractivity contribution in [3.05, 3.63) is 65.0 Å². The van der Waals surface area contributed by atoms with Crippen LogP contribution in [0.4, 0.5) is 5.13 Å². The molecule has 1 aromatic heterocycles. The zero-order chi connectivity index (χ0) is 23.3. The molecule has 1 atom stereocenters. The van der Waals surface area contributed by atoms with Gasteiger partial charge in [-0.3, -0.25) is 9.59 Å². The molecule has 3 aromatic rings. The second kappa shape index (κ2) is 10.1. The van der Waals surface area contributed by atoms with Crippen LogP contribution in [0.15, 0.2) is 58.8 Å². The van der Waals surface area contributed by atoms with E-state index in [2.05, 4.69) is 15.6 Å². The van der Waals surface area contributed by atoms with Crippen molar-refractivity contribution in [3.63, 3.8) is 0 Å². The van der Waals surface area contributed by atoms with Gasteiger partial charge in [0.15, 0.2) is 15.0 Å². The summed E-state index contributed by atoms with van der Waals surface area (Å²) in [5.74, 6) is -0.761. The fourth-order valence-corrected chi connectivity index (χ4v) is 5.04. The molecule has 0 bridgehead atoms. The van der Waals surface area contributed by atoms with Gasteiger partial charge < -0.3 is 10.6 Å². The van der Waals surface area contributed by atoms with E-state index >= 15 is 0 Å². The van der Waals surface area contributed by atoms with Gasteiger partial charge in [-0.2, -0.15) is 0 Å². The van der Waals surface area contributed by atoms with E-state index in [4.69, 9.17) is 0 Å². The smallest absolute Gasteiger partial charge is 0.227 e. The van der Waals surface area contributed by atoms with Gasteiger partial charge in [0.1, 0.15) is 0 Å². The summed E-state index contributed by atoms with van der Waals surface area (Å²) in [6.45, 7) is 5.27. The maximum Gasteiger partial charge on any atom is 0.227 e. The van der Waals surface area contributed by atoms with Gasteiger partial charge in [-0.15, -0.1) is 11.3 Å². The Kier molecular flexibility index (Phi) is 7.42. The molecule has 7 nitrogen and oxygen atoms in total. The molecule has 0 aliphatic rings. The number of carbonyl (C=O) groups is 2. The summed E-state index contributed by atoms with van der Waals surface area (Å²) in [6, 6.07) is 14.1. The summed E-state index contributed by atoms with van der Waals surface area (Å²) >= 11 is 1.27. The molecule has 32 heavy (non-hydrogen) atoms. The molecule has 2 amide bonds. The Bertz CT molecular complexity index is 1200.